The molecule has 0 fully saturated rings. The topological polar surface area (TPSA) is 56.7 Å². The molecule has 0 bridgehead atoms. The van der Waals surface area contributed by atoms with E-state index in [2.05, 4.69) is 46.7 Å². The molecular formula is C21H26N4O. The summed E-state index contributed by atoms with van der Waals surface area (Å²) in [7, 11) is 1.64. The van der Waals surface area contributed by atoms with Gasteiger partial charge in [0.05, 0.1) is 6.54 Å². The molecule has 0 atom stereocenters. The van der Waals surface area contributed by atoms with Gasteiger partial charge in [0.2, 0.25) is 0 Å². The Balaban J connectivity index is 1.71. The Morgan fingerprint density at radius 2 is 1.85 bits per heavy atom. The van der Waals surface area contributed by atoms with E-state index in [0.717, 1.165) is 37.6 Å². The van der Waals surface area contributed by atoms with Gasteiger partial charge in [-0.05, 0) is 42.2 Å². The Morgan fingerprint density at radius 3 is 2.54 bits per heavy atom. The molecule has 2 N–H and O–H groups in total. The van der Waals surface area contributed by atoms with E-state index in [9.17, 15) is 4.79 Å². The van der Waals surface area contributed by atoms with Crippen LogP contribution in [0.3, 0.4) is 0 Å². The molecule has 0 spiro atoms. The molecular weight excluding hydrogens is 324 g/mol. The van der Waals surface area contributed by atoms with Crippen LogP contribution in [-0.2, 0) is 19.5 Å². The molecule has 0 unspecified atom stereocenters. The molecule has 26 heavy (non-hydrogen) atoms. The summed E-state index contributed by atoms with van der Waals surface area (Å²) in [4.78, 5) is 18.7. The van der Waals surface area contributed by atoms with Gasteiger partial charge >= 0.3 is 0 Å². The molecule has 5 heteroatoms. The number of rotatable bonds is 4. The summed E-state index contributed by atoms with van der Waals surface area (Å²) in [5.41, 5.74) is 4.56. The third kappa shape index (κ3) is 4.23. The maximum absolute atomic E-state index is 11.6. The van der Waals surface area contributed by atoms with E-state index in [4.69, 9.17) is 4.99 Å². The van der Waals surface area contributed by atoms with E-state index in [1.54, 1.807) is 7.05 Å². The average molecular weight is 350 g/mol. The number of aliphatic imine (C=N–C) groups is 1. The summed E-state index contributed by atoms with van der Waals surface area (Å²) in [6, 6.07) is 16.2. The van der Waals surface area contributed by atoms with Gasteiger partial charge in [0.25, 0.3) is 5.91 Å². The van der Waals surface area contributed by atoms with Crippen LogP contribution in [0.15, 0.2) is 53.5 Å². The molecule has 0 aliphatic carbocycles. The summed E-state index contributed by atoms with van der Waals surface area (Å²) in [5, 5.41) is 6.04. The van der Waals surface area contributed by atoms with Gasteiger partial charge in [0, 0.05) is 32.2 Å². The van der Waals surface area contributed by atoms with Gasteiger partial charge in [-0.3, -0.25) is 4.79 Å². The van der Waals surface area contributed by atoms with E-state index in [-0.39, 0.29) is 5.91 Å². The molecule has 1 aliphatic rings. The van der Waals surface area contributed by atoms with Crippen molar-refractivity contribution in [1.82, 2.24) is 15.5 Å². The zero-order valence-electron chi connectivity index (χ0n) is 15.5. The minimum Gasteiger partial charge on any atom is -0.356 e. The van der Waals surface area contributed by atoms with E-state index < -0.39 is 0 Å². The number of fused-ring (bicyclic) bond motifs is 1. The van der Waals surface area contributed by atoms with E-state index in [0.29, 0.717) is 12.1 Å². The van der Waals surface area contributed by atoms with Gasteiger partial charge in [-0.2, -0.15) is 0 Å². The van der Waals surface area contributed by atoms with Crippen molar-refractivity contribution in [3.8, 4) is 0 Å². The summed E-state index contributed by atoms with van der Waals surface area (Å²) in [6.45, 7) is 5.38. The number of benzene rings is 2. The highest BCUT2D eigenvalue weighted by Gasteiger charge is 2.18. The van der Waals surface area contributed by atoms with Crippen molar-refractivity contribution < 1.29 is 4.79 Å². The van der Waals surface area contributed by atoms with Crippen LogP contribution < -0.4 is 10.6 Å². The third-order valence-electron chi connectivity index (χ3n) is 4.62. The van der Waals surface area contributed by atoms with Gasteiger partial charge in [-0.15, -0.1) is 0 Å². The lowest BCUT2D eigenvalue weighted by Crippen LogP contribution is -2.44. The molecule has 0 saturated carbocycles. The minimum atomic E-state index is -0.0691. The predicted molar refractivity (Wildman–Crippen MR) is 105 cm³/mol. The molecule has 0 radical (unpaired) electrons. The van der Waals surface area contributed by atoms with Crippen molar-refractivity contribution in [3.63, 3.8) is 0 Å². The lowest BCUT2D eigenvalue weighted by Gasteiger charge is -2.31. The van der Waals surface area contributed by atoms with Gasteiger partial charge in [0.1, 0.15) is 0 Å². The molecule has 136 valence electrons. The van der Waals surface area contributed by atoms with Crippen molar-refractivity contribution in [2.45, 2.75) is 26.4 Å². The second-order valence-electron chi connectivity index (χ2n) is 6.39. The van der Waals surface area contributed by atoms with Crippen LogP contribution in [0.1, 0.15) is 34.0 Å². The maximum Gasteiger partial charge on any atom is 0.251 e. The molecule has 1 amide bonds. The first-order chi connectivity index (χ1) is 12.7. The Labute approximate surface area is 155 Å². The van der Waals surface area contributed by atoms with Crippen molar-refractivity contribution in [2.75, 3.05) is 20.1 Å². The first kappa shape index (κ1) is 18.0. The molecule has 1 aliphatic heterocycles. The smallest absolute Gasteiger partial charge is 0.251 e. The Morgan fingerprint density at radius 1 is 1.12 bits per heavy atom. The quantitative estimate of drug-likeness (QED) is 0.658. The summed E-state index contributed by atoms with van der Waals surface area (Å²) >= 11 is 0. The molecule has 0 saturated heterocycles. The van der Waals surface area contributed by atoms with E-state index >= 15 is 0 Å². The fourth-order valence-electron chi connectivity index (χ4n) is 3.17. The second-order valence-corrected chi connectivity index (χ2v) is 6.39. The Hall–Kier alpha value is -2.82. The number of carbonyl (C=O) groups is 1. The van der Waals surface area contributed by atoms with Crippen LogP contribution in [-0.4, -0.2) is 36.9 Å². The molecule has 5 nitrogen and oxygen atoms in total. The number of hydrogen-bond acceptors (Lipinski definition) is 2. The van der Waals surface area contributed by atoms with Crippen LogP contribution >= 0.6 is 0 Å². The number of hydrogen-bond donors (Lipinski definition) is 2. The zero-order valence-corrected chi connectivity index (χ0v) is 15.5. The number of nitrogens with zero attached hydrogens (tertiary/aromatic N) is 2. The first-order valence-electron chi connectivity index (χ1n) is 9.12. The molecule has 2 aromatic rings. The minimum absolute atomic E-state index is 0.0691. The largest absolute Gasteiger partial charge is 0.356 e. The SMILES string of the molecule is CCNC(=NCc1ccc(C(=O)NC)cc1)N1CCc2ccccc2C1. The second kappa shape index (κ2) is 8.52. The fraction of sp³-hybridized carbons (Fsp3) is 0.333. The van der Waals surface area contributed by atoms with Crippen LogP contribution in [0, 0.1) is 0 Å². The van der Waals surface area contributed by atoms with E-state index in [1.165, 1.54) is 11.1 Å². The van der Waals surface area contributed by atoms with Gasteiger partial charge in [0.15, 0.2) is 5.96 Å². The number of nitrogens with one attached hydrogen (secondary N) is 2. The fourth-order valence-corrected chi connectivity index (χ4v) is 3.17. The van der Waals surface area contributed by atoms with E-state index in [1.807, 2.05) is 24.3 Å². The van der Waals surface area contributed by atoms with Crippen LogP contribution in [0.5, 0.6) is 0 Å². The number of carbonyl (C=O) groups excluding carboxylic acids is 1. The Bertz CT molecular complexity index is 783. The monoisotopic (exact) mass is 350 g/mol. The summed E-state index contributed by atoms with van der Waals surface area (Å²) in [5.74, 6) is 0.873. The average Bonchev–Trinajstić information content (AvgIpc) is 2.70. The van der Waals surface area contributed by atoms with Crippen molar-refractivity contribution in [2.24, 2.45) is 4.99 Å². The summed E-state index contributed by atoms with van der Waals surface area (Å²) < 4.78 is 0. The van der Waals surface area contributed by atoms with Gasteiger partial charge < -0.3 is 15.5 Å². The first-order valence-corrected chi connectivity index (χ1v) is 9.12. The van der Waals surface area contributed by atoms with Gasteiger partial charge in [-0.1, -0.05) is 36.4 Å². The molecule has 3 rings (SSSR count). The third-order valence-corrected chi connectivity index (χ3v) is 4.62. The summed E-state index contributed by atoms with van der Waals surface area (Å²) in [6.07, 6.45) is 1.04. The van der Waals surface area contributed by atoms with Crippen molar-refractivity contribution >= 4 is 11.9 Å². The van der Waals surface area contributed by atoms with Crippen LogP contribution in [0.25, 0.3) is 0 Å². The maximum atomic E-state index is 11.6. The number of amides is 1. The highest BCUT2D eigenvalue weighted by Crippen LogP contribution is 2.18. The number of guanidine groups is 1. The van der Waals surface area contributed by atoms with Crippen LogP contribution in [0.4, 0.5) is 0 Å². The molecule has 0 aromatic heterocycles. The van der Waals surface area contributed by atoms with Gasteiger partial charge in [-0.25, -0.2) is 4.99 Å². The lowest BCUT2D eigenvalue weighted by atomic mass is 10.0. The van der Waals surface area contributed by atoms with Crippen molar-refractivity contribution in [1.29, 1.82) is 0 Å². The lowest BCUT2D eigenvalue weighted by molar-refractivity contribution is 0.0963. The van der Waals surface area contributed by atoms with Crippen molar-refractivity contribution in [3.05, 3.63) is 70.8 Å². The predicted octanol–water partition coefficient (Wildman–Crippen LogP) is 2.57. The molecule has 2 aromatic carbocycles. The Kier molecular flexibility index (Phi) is 5.89. The van der Waals surface area contributed by atoms with Crippen LogP contribution in [0.2, 0.25) is 0 Å². The normalized spacial score (nSPS) is 13.9. The molecule has 1 heterocycles. The standard InChI is InChI=1S/C21H26N4O/c1-3-23-21(25-13-12-17-6-4-5-7-19(17)15-25)24-14-16-8-10-18(11-9-16)20(26)22-2/h4-11H,3,12-15H2,1-2H3,(H,22,26)(H,23,24). The highest BCUT2D eigenvalue weighted by molar-refractivity contribution is 5.93. The highest BCUT2D eigenvalue weighted by atomic mass is 16.1. The zero-order chi connectivity index (χ0) is 18.4.